The molecule has 0 N–H and O–H groups in total. The van der Waals surface area contributed by atoms with E-state index in [4.69, 9.17) is 4.52 Å². The van der Waals surface area contributed by atoms with Crippen LogP contribution >= 0.6 is 0 Å². The summed E-state index contributed by atoms with van der Waals surface area (Å²) in [7, 11) is 1.70. The minimum Gasteiger partial charge on any atom is -0.338 e. The van der Waals surface area contributed by atoms with Crippen molar-refractivity contribution >= 4 is 0 Å². The van der Waals surface area contributed by atoms with Gasteiger partial charge in [0, 0.05) is 24.5 Å². The van der Waals surface area contributed by atoms with E-state index >= 15 is 0 Å². The first-order chi connectivity index (χ1) is 11.9. The van der Waals surface area contributed by atoms with Gasteiger partial charge in [-0.25, -0.2) is 0 Å². The molecular formula is C17H15F3N4O. The van der Waals surface area contributed by atoms with Gasteiger partial charge in [0.05, 0.1) is 12.1 Å². The molecule has 8 heteroatoms. The third-order valence-corrected chi connectivity index (χ3v) is 3.56. The summed E-state index contributed by atoms with van der Waals surface area (Å²) in [6.45, 7) is 0.347. The number of hydrogen-bond donors (Lipinski definition) is 0. The molecule has 0 spiro atoms. The maximum absolute atomic E-state index is 13.1. The largest absolute Gasteiger partial charge is 0.416 e. The summed E-state index contributed by atoms with van der Waals surface area (Å²) in [5, 5.41) is 3.87. The summed E-state index contributed by atoms with van der Waals surface area (Å²) in [6, 6.07) is 9.07. The number of aromatic nitrogens is 3. The van der Waals surface area contributed by atoms with Gasteiger partial charge >= 0.3 is 6.18 Å². The molecule has 5 nitrogen and oxygen atoms in total. The Hall–Kier alpha value is -2.74. The average Bonchev–Trinajstić information content (AvgIpc) is 3.03. The zero-order chi connectivity index (χ0) is 17.9. The molecule has 0 saturated carbocycles. The summed E-state index contributed by atoms with van der Waals surface area (Å²) < 4.78 is 44.3. The maximum atomic E-state index is 13.1. The summed E-state index contributed by atoms with van der Waals surface area (Å²) in [5.41, 5.74) is 0.274. The second-order valence-electron chi connectivity index (χ2n) is 5.58. The van der Waals surface area contributed by atoms with Crippen LogP contribution in [0.4, 0.5) is 13.2 Å². The Morgan fingerprint density at radius 2 is 1.88 bits per heavy atom. The zero-order valence-electron chi connectivity index (χ0n) is 13.4. The molecule has 25 heavy (non-hydrogen) atoms. The standard InChI is InChI=1S/C17H15F3N4O/c1-24(10-13-5-2-3-7-14(13)17(18,19)20)11-15-22-16(23-25-15)12-6-4-8-21-9-12/h2-9H,10-11H2,1H3. The first-order valence-corrected chi connectivity index (χ1v) is 7.50. The van der Waals surface area contributed by atoms with Crippen molar-refractivity contribution in [2.24, 2.45) is 0 Å². The number of halogens is 3. The van der Waals surface area contributed by atoms with Crippen LogP contribution in [-0.4, -0.2) is 27.1 Å². The molecule has 3 aromatic rings. The lowest BCUT2D eigenvalue weighted by atomic mass is 10.1. The second kappa shape index (κ2) is 7.02. The number of pyridine rings is 1. The molecule has 0 radical (unpaired) electrons. The van der Waals surface area contributed by atoms with Gasteiger partial charge in [0.2, 0.25) is 11.7 Å². The van der Waals surface area contributed by atoms with E-state index in [0.29, 0.717) is 17.3 Å². The molecule has 130 valence electrons. The minimum absolute atomic E-state index is 0.111. The van der Waals surface area contributed by atoms with E-state index in [-0.39, 0.29) is 18.7 Å². The molecule has 0 aliphatic rings. The molecule has 0 aliphatic carbocycles. The van der Waals surface area contributed by atoms with Crippen molar-refractivity contribution in [3.63, 3.8) is 0 Å². The monoisotopic (exact) mass is 348 g/mol. The molecule has 0 atom stereocenters. The van der Waals surface area contributed by atoms with E-state index < -0.39 is 11.7 Å². The lowest BCUT2D eigenvalue weighted by molar-refractivity contribution is -0.138. The Bertz CT molecular complexity index is 833. The molecule has 0 fully saturated rings. The fourth-order valence-corrected chi connectivity index (χ4v) is 2.44. The Kier molecular flexibility index (Phi) is 4.80. The molecule has 0 bridgehead atoms. The van der Waals surface area contributed by atoms with Crippen LogP contribution in [-0.2, 0) is 19.3 Å². The van der Waals surface area contributed by atoms with E-state index in [1.165, 1.54) is 12.1 Å². The van der Waals surface area contributed by atoms with Crippen LogP contribution in [0.2, 0.25) is 0 Å². The Labute approximate surface area is 142 Å². The summed E-state index contributed by atoms with van der Waals surface area (Å²) in [4.78, 5) is 9.92. The fraction of sp³-hybridized carbons (Fsp3) is 0.235. The quantitative estimate of drug-likeness (QED) is 0.702. The zero-order valence-corrected chi connectivity index (χ0v) is 13.4. The van der Waals surface area contributed by atoms with Crippen molar-refractivity contribution < 1.29 is 17.7 Å². The SMILES string of the molecule is CN(Cc1nc(-c2cccnc2)no1)Cc1ccccc1C(F)(F)F. The van der Waals surface area contributed by atoms with Crippen LogP contribution in [0.25, 0.3) is 11.4 Å². The summed E-state index contributed by atoms with van der Waals surface area (Å²) >= 11 is 0. The van der Waals surface area contributed by atoms with Crippen LogP contribution in [0.1, 0.15) is 17.0 Å². The number of benzene rings is 1. The van der Waals surface area contributed by atoms with Crippen molar-refractivity contribution in [2.75, 3.05) is 7.05 Å². The van der Waals surface area contributed by atoms with Gasteiger partial charge in [0.25, 0.3) is 0 Å². The van der Waals surface area contributed by atoms with Crippen LogP contribution < -0.4 is 0 Å². The number of rotatable bonds is 5. The van der Waals surface area contributed by atoms with Crippen LogP contribution in [0, 0.1) is 0 Å². The highest BCUT2D eigenvalue weighted by Crippen LogP contribution is 2.32. The summed E-state index contributed by atoms with van der Waals surface area (Å²) in [5.74, 6) is 0.720. The van der Waals surface area contributed by atoms with E-state index in [2.05, 4.69) is 15.1 Å². The van der Waals surface area contributed by atoms with Gasteiger partial charge in [-0.3, -0.25) is 9.88 Å². The second-order valence-corrected chi connectivity index (χ2v) is 5.58. The smallest absolute Gasteiger partial charge is 0.338 e. The molecule has 2 aromatic heterocycles. The Morgan fingerprint density at radius 3 is 2.60 bits per heavy atom. The minimum atomic E-state index is -4.38. The van der Waals surface area contributed by atoms with Gasteiger partial charge in [-0.2, -0.15) is 18.2 Å². The van der Waals surface area contributed by atoms with Crippen molar-refractivity contribution in [3.8, 4) is 11.4 Å². The van der Waals surface area contributed by atoms with E-state index in [0.717, 1.165) is 6.07 Å². The first kappa shape index (κ1) is 17.1. The fourth-order valence-electron chi connectivity index (χ4n) is 2.44. The lowest BCUT2D eigenvalue weighted by Crippen LogP contribution is -2.20. The normalized spacial score (nSPS) is 11.9. The Balaban J connectivity index is 1.70. The van der Waals surface area contributed by atoms with Crippen molar-refractivity contribution in [2.45, 2.75) is 19.3 Å². The molecule has 2 heterocycles. The van der Waals surface area contributed by atoms with Gasteiger partial charge in [0.15, 0.2) is 0 Å². The number of alkyl halides is 3. The molecule has 0 aliphatic heterocycles. The van der Waals surface area contributed by atoms with E-state index in [1.807, 2.05) is 0 Å². The van der Waals surface area contributed by atoms with Crippen molar-refractivity contribution in [1.82, 2.24) is 20.0 Å². The topological polar surface area (TPSA) is 55.1 Å². The summed E-state index contributed by atoms with van der Waals surface area (Å²) in [6.07, 6.45) is -1.14. The van der Waals surface area contributed by atoms with Crippen molar-refractivity contribution in [1.29, 1.82) is 0 Å². The third-order valence-electron chi connectivity index (χ3n) is 3.56. The highest BCUT2D eigenvalue weighted by molar-refractivity contribution is 5.51. The van der Waals surface area contributed by atoms with Gasteiger partial charge < -0.3 is 4.52 Å². The van der Waals surface area contributed by atoms with Gasteiger partial charge in [-0.15, -0.1) is 0 Å². The van der Waals surface area contributed by atoms with Gasteiger partial charge in [0.1, 0.15) is 0 Å². The van der Waals surface area contributed by atoms with Crippen molar-refractivity contribution in [3.05, 3.63) is 65.8 Å². The number of hydrogen-bond acceptors (Lipinski definition) is 5. The van der Waals surface area contributed by atoms with Crippen LogP contribution in [0.3, 0.4) is 0 Å². The van der Waals surface area contributed by atoms with E-state index in [1.54, 1.807) is 42.5 Å². The van der Waals surface area contributed by atoms with E-state index in [9.17, 15) is 13.2 Å². The molecular weight excluding hydrogens is 333 g/mol. The molecule has 0 saturated heterocycles. The predicted octanol–water partition coefficient (Wildman–Crippen LogP) is 3.78. The average molecular weight is 348 g/mol. The number of nitrogens with zero attached hydrogens (tertiary/aromatic N) is 4. The molecule has 0 amide bonds. The lowest BCUT2D eigenvalue weighted by Gasteiger charge is -2.18. The van der Waals surface area contributed by atoms with Gasteiger partial charge in [-0.05, 0) is 30.8 Å². The van der Waals surface area contributed by atoms with Gasteiger partial charge in [-0.1, -0.05) is 23.4 Å². The van der Waals surface area contributed by atoms with Crippen LogP contribution in [0.5, 0.6) is 0 Å². The predicted molar refractivity (Wildman–Crippen MR) is 84.1 cm³/mol. The first-order valence-electron chi connectivity index (χ1n) is 7.50. The van der Waals surface area contributed by atoms with Crippen LogP contribution in [0.15, 0.2) is 53.3 Å². The molecule has 1 aromatic carbocycles. The molecule has 3 rings (SSSR count). The Morgan fingerprint density at radius 1 is 1.08 bits per heavy atom. The highest BCUT2D eigenvalue weighted by Gasteiger charge is 2.33. The maximum Gasteiger partial charge on any atom is 0.416 e. The molecule has 0 unspecified atom stereocenters. The highest BCUT2D eigenvalue weighted by atomic mass is 19.4. The third kappa shape index (κ3) is 4.21.